The number of hydrogen-bond acceptors (Lipinski definition) is 2. The molecule has 18 heavy (non-hydrogen) atoms. The number of carbonyl (C=O) groups is 1. The lowest BCUT2D eigenvalue weighted by Crippen LogP contribution is -2.47. The second-order valence-electron chi connectivity index (χ2n) is 5.00. The van der Waals surface area contributed by atoms with Gasteiger partial charge in [-0.3, -0.25) is 4.79 Å². The van der Waals surface area contributed by atoms with Crippen LogP contribution in [-0.4, -0.2) is 28.0 Å². The largest absolute Gasteiger partial charge is 0.507 e. The van der Waals surface area contributed by atoms with Crippen molar-refractivity contribution in [1.82, 2.24) is 4.90 Å². The first-order chi connectivity index (χ1) is 8.50. The van der Waals surface area contributed by atoms with Crippen molar-refractivity contribution >= 4 is 21.8 Å². The summed E-state index contributed by atoms with van der Waals surface area (Å²) in [5.74, 6) is -0.0287. The van der Waals surface area contributed by atoms with Crippen LogP contribution in [0.5, 0.6) is 5.75 Å². The van der Waals surface area contributed by atoms with E-state index < -0.39 is 0 Å². The third-order valence-corrected chi connectivity index (χ3v) is 4.11. The van der Waals surface area contributed by atoms with E-state index in [4.69, 9.17) is 0 Å². The van der Waals surface area contributed by atoms with Crippen molar-refractivity contribution in [2.45, 2.75) is 45.2 Å². The van der Waals surface area contributed by atoms with Crippen molar-refractivity contribution in [2.24, 2.45) is 0 Å². The number of nitrogens with zero attached hydrogens (tertiary/aromatic N) is 1. The normalized spacial score (nSPS) is 24.1. The predicted molar refractivity (Wildman–Crippen MR) is 74.8 cm³/mol. The molecule has 0 saturated carbocycles. The highest BCUT2D eigenvalue weighted by Crippen LogP contribution is 2.29. The molecule has 2 rings (SSSR count). The number of phenols is 1. The molecular weight excluding hydrogens is 294 g/mol. The van der Waals surface area contributed by atoms with Gasteiger partial charge >= 0.3 is 0 Å². The van der Waals surface area contributed by atoms with E-state index in [9.17, 15) is 9.90 Å². The maximum absolute atomic E-state index is 12.5. The van der Waals surface area contributed by atoms with Gasteiger partial charge in [-0.15, -0.1) is 0 Å². The fourth-order valence-corrected chi connectivity index (χ4v) is 3.00. The van der Waals surface area contributed by atoms with Gasteiger partial charge in [-0.05, 0) is 51.3 Å². The number of halogens is 1. The Kier molecular flexibility index (Phi) is 3.95. The van der Waals surface area contributed by atoms with E-state index in [0.717, 1.165) is 17.3 Å². The summed E-state index contributed by atoms with van der Waals surface area (Å²) in [5.41, 5.74) is 0.388. The van der Waals surface area contributed by atoms with E-state index in [1.54, 1.807) is 18.2 Å². The van der Waals surface area contributed by atoms with E-state index in [2.05, 4.69) is 29.8 Å². The molecule has 98 valence electrons. The van der Waals surface area contributed by atoms with Gasteiger partial charge in [-0.1, -0.05) is 15.9 Å². The zero-order chi connectivity index (χ0) is 13.3. The van der Waals surface area contributed by atoms with E-state index in [1.165, 1.54) is 6.42 Å². The quantitative estimate of drug-likeness (QED) is 0.861. The molecule has 1 heterocycles. The van der Waals surface area contributed by atoms with Crippen molar-refractivity contribution in [3.63, 3.8) is 0 Å². The molecule has 1 aliphatic heterocycles. The highest BCUT2D eigenvalue weighted by Gasteiger charge is 2.30. The first-order valence-electron chi connectivity index (χ1n) is 6.32. The molecule has 1 N–H and O–H groups in total. The molecule has 1 amide bonds. The van der Waals surface area contributed by atoms with Gasteiger partial charge in [0, 0.05) is 16.6 Å². The fraction of sp³-hybridized carbons (Fsp3) is 0.500. The molecule has 3 nitrogen and oxygen atoms in total. The van der Waals surface area contributed by atoms with E-state index in [1.807, 2.05) is 4.90 Å². The van der Waals surface area contributed by atoms with Crippen LogP contribution in [0.3, 0.4) is 0 Å². The Morgan fingerprint density at radius 3 is 2.50 bits per heavy atom. The van der Waals surface area contributed by atoms with Crippen LogP contribution in [0.15, 0.2) is 22.7 Å². The van der Waals surface area contributed by atoms with E-state index in [-0.39, 0.29) is 23.7 Å². The molecule has 4 heteroatoms. The number of aromatic hydroxyl groups is 1. The summed E-state index contributed by atoms with van der Waals surface area (Å²) in [6, 6.07) is 5.50. The van der Waals surface area contributed by atoms with Crippen LogP contribution in [0.1, 0.15) is 43.5 Å². The van der Waals surface area contributed by atoms with Gasteiger partial charge in [0.05, 0.1) is 5.56 Å². The summed E-state index contributed by atoms with van der Waals surface area (Å²) in [6.07, 6.45) is 3.24. The topological polar surface area (TPSA) is 40.5 Å². The zero-order valence-corrected chi connectivity index (χ0v) is 12.3. The lowest BCUT2D eigenvalue weighted by Gasteiger charge is -2.39. The van der Waals surface area contributed by atoms with Crippen LogP contribution in [0.4, 0.5) is 0 Å². The van der Waals surface area contributed by atoms with Gasteiger partial charge in [-0.25, -0.2) is 0 Å². The van der Waals surface area contributed by atoms with Crippen LogP contribution in [-0.2, 0) is 0 Å². The lowest BCUT2D eigenvalue weighted by atomic mass is 9.96. The summed E-state index contributed by atoms with van der Waals surface area (Å²) >= 11 is 3.28. The molecule has 2 unspecified atom stereocenters. The van der Waals surface area contributed by atoms with Crippen molar-refractivity contribution in [2.75, 3.05) is 0 Å². The average molecular weight is 312 g/mol. The van der Waals surface area contributed by atoms with Gasteiger partial charge in [0.1, 0.15) is 5.75 Å². The molecule has 1 aliphatic rings. The van der Waals surface area contributed by atoms with Gasteiger partial charge in [0.25, 0.3) is 5.91 Å². The lowest BCUT2D eigenvalue weighted by molar-refractivity contribution is 0.0508. The van der Waals surface area contributed by atoms with Gasteiger partial charge in [0.15, 0.2) is 0 Å². The van der Waals surface area contributed by atoms with Crippen molar-refractivity contribution in [3.05, 3.63) is 28.2 Å². The first kappa shape index (κ1) is 13.4. The number of amides is 1. The number of rotatable bonds is 1. The second-order valence-corrected chi connectivity index (χ2v) is 5.92. The number of benzene rings is 1. The Balaban J connectivity index is 2.29. The Hall–Kier alpha value is -1.03. The van der Waals surface area contributed by atoms with Crippen LogP contribution in [0.2, 0.25) is 0 Å². The van der Waals surface area contributed by atoms with Crippen molar-refractivity contribution in [3.8, 4) is 5.75 Å². The number of carbonyl (C=O) groups excluding carboxylic acids is 1. The van der Waals surface area contributed by atoms with Crippen molar-refractivity contribution in [1.29, 1.82) is 0 Å². The Labute approximate surface area is 116 Å². The standard InChI is InChI=1S/C14H18BrNO2/c1-9-4-3-5-10(2)16(9)14(18)12-7-6-11(15)8-13(12)17/h6-10,17H,3-5H2,1-2H3. The highest BCUT2D eigenvalue weighted by molar-refractivity contribution is 9.10. The number of piperidine rings is 1. The third-order valence-electron chi connectivity index (χ3n) is 3.62. The molecule has 1 saturated heterocycles. The monoisotopic (exact) mass is 311 g/mol. The molecule has 1 aromatic rings. The van der Waals surface area contributed by atoms with Gasteiger partial charge in [0.2, 0.25) is 0 Å². The van der Waals surface area contributed by atoms with Crippen molar-refractivity contribution < 1.29 is 9.90 Å². The average Bonchev–Trinajstić information content (AvgIpc) is 2.28. The molecule has 1 aromatic carbocycles. The molecule has 1 fully saturated rings. The molecular formula is C14H18BrNO2. The molecule has 0 bridgehead atoms. The zero-order valence-electron chi connectivity index (χ0n) is 10.7. The maximum Gasteiger partial charge on any atom is 0.258 e. The summed E-state index contributed by atoms with van der Waals surface area (Å²) < 4.78 is 0.774. The smallest absolute Gasteiger partial charge is 0.258 e. The van der Waals surface area contributed by atoms with Crippen LogP contribution in [0.25, 0.3) is 0 Å². The third kappa shape index (κ3) is 2.53. The second kappa shape index (κ2) is 5.31. The van der Waals surface area contributed by atoms with E-state index in [0.29, 0.717) is 5.56 Å². The summed E-state index contributed by atoms with van der Waals surface area (Å²) in [7, 11) is 0. The minimum absolute atomic E-state index is 0.0411. The van der Waals surface area contributed by atoms with Crippen LogP contribution < -0.4 is 0 Å². The summed E-state index contributed by atoms with van der Waals surface area (Å²) in [6.45, 7) is 4.15. The van der Waals surface area contributed by atoms with Crippen LogP contribution >= 0.6 is 15.9 Å². The van der Waals surface area contributed by atoms with E-state index >= 15 is 0 Å². The molecule has 0 aromatic heterocycles. The number of likely N-dealkylation sites (tertiary alicyclic amines) is 1. The number of phenolic OH excluding ortho intramolecular Hbond substituents is 1. The molecule has 0 aliphatic carbocycles. The molecule has 0 spiro atoms. The highest BCUT2D eigenvalue weighted by atomic mass is 79.9. The van der Waals surface area contributed by atoms with Gasteiger partial charge in [-0.2, -0.15) is 0 Å². The van der Waals surface area contributed by atoms with Crippen LogP contribution in [0, 0.1) is 0 Å². The SMILES string of the molecule is CC1CCCC(C)N1C(=O)c1ccc(Br)cc1O. The summed E-state index contributed by atoms with van der Waals surface area (Å²) in [4.78, 5) is 14.4. The minimum atomic E-state index is -0.0697. The predicted octanol–water partition coefficient (Wildman–Crippen LogP) is 3.56. The number of hydrogen-bond donors (Lipinski definition) is 1. The Bertz CT molecular complexity index is 451. The fourth-order valence-electron chi connectivity index (χ4n) is 2.65. The molecule has 2 atom stereocenters. The Morgan fingerprint density at radius 2 is 1.94 bits per heavy atom. The van der Waals surface area contributed by atoms with Gasteiger partial charge < -0.3 is 10.0 Å². The Morgan fingerprint density at radius 1 is 1.33 bits per heavy atom. The maximum atomic E-state index is 12.5. The first-order valence-corrected chi connectivity index (χ1v) is 7.11. The molecule has 0 radical (unpaired) electrons. The summed E-state index contributed by atoms with van der Waals surface area (Å²) in [5, 5.41) is 9.89. The minimum Gasteiger partial charge on any atom is -0.507 e.